The lowest BCUT2D eigenvalue weighted by molar-refractivity contribution is -0.118. The van der Waals surface area contributed by atoms with Crippen LogP contribution in [0.3, 0.4) is 0 Å². The monoisotopic (exact) mass is 497 g/mol. The molecule has 2 heterocycles. The summed E-state index contributed by atoms with van der Waals surface area (Å²) in [5.41, 5.74) is 3.67. The number of hydrogen-bond acceptors (Lipinski definition) is 6. The number of amides is 3. The highest BCUT2D eigenvalue weighted by molar-refractivity contribution is 8.15. The van der Waals surface area contributed by atoms with Crippen molar-refractivity contribution in [3.63, 3.8) is 0 Å². The summed E-state index contributed by atoms with van der Waals surface area (Å²) in [6, 6.07) is 26.2. The lowest BCUT2D eigenvalue weighted by Crippen LogP contribution is -2.31. The predicted octanol–water partition coefficient (Wildman–Crippen LogP) is 5.39. The Morgan fingerprint density at radius 3 is 2.28 bits per heavy atom. The summed E-state index contributed by atoms with van der Waals surface area (Å²) < 4.78 is 5.91. The summed E-state index contributed by atoms with van der Waals surface area (Å²) >= 11 is 0.993. The van der Waals surface area contributed by atoms with Crippen LogP contribution < -0.4 is 10.2 Å². The number of hydrogen-bond donors (Lipinski definition) is 1. The van der Waals surface area contributed by atoms with Gasteiger partial charge in [0.1, 0.15) is 11.5 Å². The zero-order chi connectivity index (χ0) is 25.1. The van der Waals surface area contributed by atoms with Crippen molar-refractivity contribution >= 4 is 34.5 Å². The Morgan fingerprint density at radius 2 is 1.64 bits per heavy atom. The number of benzene rings is 3. The molecule has 4 aromatic rings. The van der Waals surface area contributed by atoms with Gasteiger partial charge in [0.15, 0.2) is 0 Å². The number of aromatic nitrogens is 1. The Morgan fingerprint density at radius 1 is 0.972 bits per heavy atom. The van der Waals surface area contributed by atoms with Crippen molar-refractivity contribution in [2.24, 2.45) is 0 Å². The van der Waals surface area contributed by atoms with Gasteiger partial charge in [0.2, 0.25) is 11.8 Å². The van der Waals surface area contributed by atoms with Gasteiger partial charge in [-0.15, -0.1) is 0 Å². The maximum Gasteiger partial charge on any atom is 0.286 e. The van der Waals surface area contributed by atoms with Crippen LogP contribution in [0.4, 0.5) is 10.5 Å². The van der Waals surface area contributed by atoms with Crippen LogP contribution in [0.2, 0.25) is 0 Å². The number of oxazole rings is 1. The Labute approximate surface area is 212 Å². The number of thioether (sulfide) groups is 1. The topological polar surface area (TPSA) is 92.5 Å². The normalized spacial score (nSPS) is 15.1. The molecule has 0 radical (unpaired) electrons. The van der Waals surface area contributed by atoms with Crippen LogP contribution in [0.5, 0.6) is 0 Å². The first kappa shape index (κ1) is 23.6. The molecule has 8 heteroatoms. The van der Waals surface area contributed by atoms with Crippen molar-refractivity contribution in [1.29, 1.82) is 0 Å². The van der Waals surface area contributed by atoms with Crippen LogP contribution in [0.25, 0.3) is 11.5 Å². The van der Waals surface area contributed by atoms with E-state index in [9.17, 15) is 14.4 Å². The molecule has 3 amide bonds. The van der Waals surface area contributed by atoms with Gasteiger partial charge in [0.05, 0.1) is 11.8 Å². The van der Waals surface area contributed by atoms with E-state index in [1.807, 2.05) is 79.7 Å². The van der Waals surface area contributed by atoms with Crippen molar-refractivity contribution in [2.75, 3.05) is 4.90 Å². The van der Waals surface area contributed by atoms with Crippen LogP contribution in [0.1, 0.15) is 27.4 Å². The molecule has 0 bridgehead atoms. The number of aryl methyl sites for hydroxylation is 1. The molecule has 1 aliphatic heterocycles. The SMILES string of the molecule is Cc1oc(-c2ccccc2)nc1CN(C(=O)c1ccc(CC2SC(=O)NC2=O)cc1)c1ccccc1. The summed E-state index contributed by atoms with van der Waals surface area (Å²) in [5, 5.41) is 1.53. The van der Waals surface area contributed by atoms with Crippen molar-refractivity contribution in [3.05, 3.63) is 108 Å². The minimum absolute atomic E-state index is 0.181. The van der Waals surface area contributed by atoms with Crippen molar-refractivity contribution in [2.45, 2.75) is 25.1 Å². The van der Waals surface area contributed by atoms with Gasteiger partial charge >= 0.3 is 0 Å². The van der Waals surface area contributed by atoms with Gasteiger partial charge in [-0.1, -0.05) is 60.3 Å². The van der Waals surface area contributed by atoms with Crippen molar-refractivity contribution < 1.29 is 18.8 Å². The van der Waals surface area contributed by atoms with Crippen molar-refractivity contribution in [1.82, 2.24) is 10.3 Å². The third-order valence-corrected chi connectivity index (χ3v) is 6.90. The first-order chi connectivity index (χ1) is 17.5. The molecule has 1 unspecified atom stereocenters. The van der Waals surface area contributed by atoms with Gasteiger partial charge in [0.25, 0.3) is 11.1 Å². The minimum Gasteiger partial charge on any atom is -0.441 e. The van der Waals surface area contributed by atoms with Crippen molar-refractivity contribution in [3.8, 4) is 11.5 Å². The summed E-state index contributed by atoms with van der Waals surface area (Å²) in [4.78, 5) is 43.3. The zero-order valence-corrected chi connectivity index (χ0v) is 20.3. The van der Waals surface area contributed by atoms with Gasteiger partial charge < -0.3 is 9.32 Å². The fraction of sp³-hybridized carbons (Fsp3) is 0.143. The third kappa shape index (κ3) is 5.08. The first-order valence-electron chi connectivity index (χ1n) is 11.5. The van der Waals surface area contributed by atoms with E-state index in [1.54, 1.807) is 17.0 Å². The molecule has 0 aliphatic carbocycles. The molecule has 1 fully saturated rings. The quantitative estimate of drug-likeness (QED) is 0.368. The van der Waals surface area contributed by atoms with E-state index in [0.29, 0.717) is 29.3 Å². The smallest absolute Gasteiger partial charge is 0.286 e. The molecule has 0 spiro atoms. The number of nitrogens with one attached hydrogen (secondary N) is 1. The number of para-hydroxylation sites is 1. The lowest BCUT2D eigenvalue weighted by Gasteiger charge is -2.22. The summed E-state index contributed by atoms with van der Waals surface area (Å²) in [6.45, 7) is 2.09. The maximum atomic E-state index is 13.6. The van der Waals surface area contributed by atoms with Crippen LogP contribution in [-0.4, -0.2) is 27.3 Å². The number of imide groups is 1. The Bertz CT molecular complexity index is 1400. The summed E-state index contributed by atoms with van der Waals surface area (Å²) in [7, 11) is 0. The molecule has 7 nitrogen and oxygen atoms in total. The van der Waals surface area contributed by atoms with Gasteiger partial charge in [-0.2, -0.15) is 0 Å². The number of carbonyl (C=O) groups excluding carboxylic acids is 3. The first-order valence-corrected chi connectivity index (χ1v) is 12.3. The number of nitrogens with zero attached hydrogens (tertiary/aromatic N) is 2. The fourth-order valence-electron chi connectivity index (χ4n) is 4.00. The van der Waals surface area contributed by atoms with Crippen LogP contribution in [0.15, 0.2) is 89.3 Å². The Kier molecular flexibility index (Phi) is 6.69. The molecule has 180 valence electrons. The third-order valence-electron chi connectivity index (χ3n) is 5.92. The minimum atomic E-state index is -0.450. The highest BCUT2D eigenvalue weighted by atomic mass is 32.2. The highest BCUT2D eigenvalue weighted by Crippen LogP contribution is 2.26. The summed E-state index contributed by atoms with van der Waals surface area (Å²) in [5.74, 6) is 0.706. The van der Waals surface area contributed by atoms with E-state index in [4.69, 9.17) is 4.42 Å². The van der Waals surface area contributed by atoms with E-state index in [1.165, 1.54) is 0 Å². The standard InChI is InChI=1S/C28H23N3O4S/c1-18-23(29-26(35-18)20-8-4-2-5-9-20)17-31(22-10-6-3-7-11-22)27(33)21-14-12-19(13-15-21)16-24-25(32)30-28(34)36-24/h2-15,24H,16-17H2,1H3,(H,30,32,34). The molecule has 1 N–H and O–H groups in total. The molecule has 0 saturated carbocycles. The second kappa shape index (κ2) is 10.2. The molecule has 36 heavy (non-hydrogen) atoms. The average molecular weight is 498 g/mol. The number of anilines is 1. The zero-order valence-electron chi connectivity index (χ0n) is 19.5. The number of rotatable bonds is 7. The van der Waals surface area contributed by atoms with Crippen LogP contribution >= 0.6 is 11.8 Å². The average Bonchev–Trinajstić information content (AvgIpc) is 3.43. The second-order valence-corrected chi connectivity index (χ2v) is 9.57. The molecule has 1 aliphatic rings. The second-order valence-electron chi connectivity index (χ2n) is 8.40. The molecule has 1 aromatic heterocycles. The van der Waals surface area contributed by atoms with E-state index in [-0.39, 0.29) is 23.6 Å². The van der Waals surface area contributed by atoms with Gasteiger partial charge in [-0.3, -0.25) is 19.7 Å². The van der Waals surface area contributed by atoms with Gasteiger partial charge in [0, 0.05) is 16.8 Å². The van der Waals surface area contributed by atoms with E-state index >= 15 is 0 Å². The fourth-order valence-corrected chi connectivity index (χ4v) is 4.86. The largest absolute Gasteiger partial charge is 0.441 e. The summed E-state index contributed by atoms with van der Waals surface area (Å²) in [6.07, 6.45) is 0.416. The lowest BCUT2D eigenvalue weighted by atomic mass is 10.1. The molecular formula is C28H23N3O4S. The highest BCUT2D eigenvalue weighted by Gasteiger charge is 2.31. The molecule has 1 saturated heterocycles. The Hall–Kier alpha value is -4.17. The van der Waals surface area contributed by atoms with Gasteiger partial charge in [-0.25, -0.2) is 4.98 Å². The molecular weight excluding hydrogens is 474 g/mol. The van der Waals surface area contributed by atoms with Crippen LogP contribution in [0, 0.1) is 6.92 Å². The van der Waals surface area contributed by atoms with E-state index in [0.717, 1.165) is 28.6 Å². The van der Waals surface area contributed by atoms with E-state index in [2.05, 4.69) is 10.3 Å². The van der Waals surface area contributed by atoms with Crippen LogP contribution in [-0.2, 0) is 17.8 Å². The number of carbonyl (C=O) groups is 3. The molecule has 3 aromatic carbocycles. The van der Waals surface area contributed by atoms with Gasteiger partial charge in [-0.05, 0) is 55.3 Å². The molecule has 5 rings (SSSR count). The maximum absolute atomic E-state index is 13.6. The predicted molar refractivity (Wildman–Crippen MR) is 139 cm³/mol. The van der Waals surface area contributed by atoms with E-state index < -0.39 is 5.25 Å². The Balaban J connectivity index is 1.39. The molecule has 1 atom stereocenters.